The zero-order chi connectivity index (χ0) is 38.7. The maximum absolute atomic E-state index is 6.14. The maximum Gasteiger partial charge on any atom is 0.123 e. The van der Waals surface area contributed by atoms with Crippen LogP contribution in [0.1, 0.15) is 276 Å². The monoisotopic (exact) mass is 756 g/mol. The number of hydrogen-bond donors (Lipinski definition) is 1. The highest BCUT2D eigenvalue weighted by molar-refractivity contribution is 5.38. The third kappa shape index (κ3) is 36.4. The summed E-state index contributed by atoms with van der Waals surface area (Å²) in [5.74, 6) is 1.82. The molecule has 0 spiro atoms. The summed E-state index contributed by atoms with van der Waals surface area (Å²) >= 11 is 0. The third-order valence-corrected chi connectivity index (χ3v) is 11.7. The van der Waals surface area contributed by atoms with Gasteiger partial charge < -0.3 is 15.2 Å². The van der Waals surface area contributed by atoms with Gasteiger partial charge in [0, 0.05) is 12.6 Å². The Hall–Kier alpha value is -1.22. The molecule has 3 heteroatoms. The average Bonchev–Trinajstić information content (AvgIpc) is 3.19. The largest absolute Gasteiger partial charge is 0.493 e. The zero-order valence-corrected chi connectivity index (χ0v) is 37.0. The van der Waals surface area contributed by atoms with E-state index in [1.54, 1.807) is 0 Å². The Morgan fingerprint density at radius 1 is 0.296 bits per heavy atom. The van der Waals surface area contributed by atoms with Gasteiger partial charge in [-0.25, -0.2) is 0 Å². The Morgan fingerprint density at radius 2 is 0.500 bits per heavy atom. The van der Waals surface area contributed by atoms with Gasteiger partial charge in [-0.2, -0.15) is 0 Å². The van der Waals surface area contributed by atoms with Gasteiger partial charge in [0.2, 0.25) is 0 Å². The average molecular weight is 756 g/mol. The van der Waals surface area contributed by atoms with Crippen LogP contribution >= 0.6 is 0 Å². The molecule has 0 radical (unpaired) electrons. The summed E-state index contributed by atoms with van der Waals surface area (Å²) in [6.07, 6.45) is 56.4. The zero-order valence-electron chi connectivity index (χ0n) is 37.0. The summed E-state index contributed by atoms with van der Waals surface area (Å²) in [4.78, 5) is 0. The number of unbranched alkanes of at least 4 members (excludes halogenated alkanes) is 38. The van der Waals surface area contributed by atoms with Crippen molar-refractivity contribution in [2.24, 2.45) is 5.73 Å². The van der Waals surface area contributed by atoms with E-state index in [-0.39, 0.29) is 0 Å². The summed E-state index contributed by atoms with van der Waals surface area (Å²) < 4.78 is 12.3. The molecule has 3 nitrogen and oxygen atoms in total. The normalized spacial score (nSPS) is 11.5. The van der Waals surface area contributed by atoms with E-state index >= 15 is 0 Å². The minimum absolute atomic E-state index is 0.520. The molecule has 0 atom stereocenters. The molecule has 0 amide bonds. The standard InChI is InChI=1S/C51H97NO2/c1-3-5-7-9-11-13-15-17-19-21-23-25-27-29-31-33-35-37-39-41-43-53-50-45-49(48-52)46-51(47-50)54-44-42-40-38-36-34-32-30-28-26-24-22-20-18-16-14-12-10-8-6-4-2/h45-47H,3-44,48,52H2,1-2H3. The Labute approximate surface area is 339 Å². The van der Waals surface area contributed by atoms with Gasteiger partial charge in [0.25, 0.3) is 0 Å². The van der Waals surface area contributed by atoms with E-state index in [1.165, 1.54) is 244 Å². The number of rotatable bonds is 45. The lowest BCUT2D eigenvalue weighted by molar-refractivity contribution is 0.289. The molecule has 54 heavy (non-hydrogen) atoms. The molecule has 0 aromatic heterocycles. The molecule has 0 aliphatic carbocycles. The van der Waals surface area contributed by atoms with E-state index in [1.807, 2.05) is 0 Å². The van der Waals surface area contributed by atoms with Gasteiger partial charge in [-0.15, -0.1) is 0 Å². The molecule has 2 N–H and O–H groups in total. The summed E-state index contributed by atoms with van der Waals surface area (Å²) in [5.41, 5.74) is 7.09. The molecule has 0 unspecified atom stereocenters. The quantitative estimate of drug-likeness (QED) is 0.0674. The smallest absolute Gasteiger partial charge is 0.123 e. The van der Waals surface area contributed by atoms with Gasteiger partial charge in [-0.3, -0.25) is 0 Å². The number of benzene rings is 1. The van der Waals surface area contributed by atoms with E-state index in [2.05, 4.69) is 32.0 Å². The summed E-state index contributed by atoms with van der Waals surface area (Å²) in [7, 11) is 0. The van der Waals surface area contributed by atoms with Crippen molar-refractivity contribution in [1.29, 1.82) is 0 Å². The van der Waals surface area contributed by atoms with Crippen LogP contribution in [0.3, 0.4) is 0 Å². The van der Waals surface area contributed by atoms with E-state index in [0.29, 0.717) is 6.54 Å². The first-order valence-corrected chi connectivity index (χ1v) is 24.9. The molecule has 1 rings (SSSR count). The van der Waals surface area contributed by atoms with Crippen LogP contribution in [0.4, 0.5) is 0 Å². The molecular weight excluding hydrogens is 659 g/mol. The Kier molecular flexibility index (Phi) is 40.4. The van der Waals surface area contributed by atoms with Crippen molar-refractivity contribution in [3.8, 4) is 11.5 Å². The first kappa shape index (κ1) is 50.8. The van der Waals surface area contributed by atoms with Crippen LogP contribution in [-0.2, 0) is 6.54 Å². The van der Waals surface area contributed by atoms with Crippen molar-refractivity contribution < 1.29 is 9.47 Å². The van der Waals surface area contributed by atoms with Gasteiger partial charge in [0.15, 0.2) is 0 Å². The van der Waals surface area contributed by atoms with Crippen LogP contribution in [0, 0.1) is 0 Å². The van der Waals surface area contributed by atoms with Gasteiger partial charge in [-0.05, 0) is 30.5 Å². The third-order valence-electron chi connectivity index (χ3n) is 11.7. The molecule has 0 heterocycles. The molecule has 1 aromatic carbocycles. The first-order valence-electron chi connectivity index (χ1n) is 24.9. The Balaban J connectivity index is 1.89. The van der Waals surface area contributed by atoms with Crippen LogP contribution in [0.25, 0.3) is 0 Å². The number of nitrogens with two attached hydrogens (primary N) is 1. The molecule has 0 saturated carbocycles. The minimum Gasteiger partial charge on any atom is -0.493 e. The van der Waals surface area contributed by atoms with Crippen molar-refractivity contribution in [2.75, 3.05) is 13.2 Å². The molecule has 0 bridgehead atoms. The topological polar surface area (TPSA) is 44.5 Å². The second-order valence-corrected chi connectivity index (χ2v) is 17.1. The van der Waals surface area contributed by atoms with Gasteiger partial charge in [-0.1, -0.05) is 258 Å². The second kappa shape index (κ2) is 42.9. The van der Waals surface area contributed by atoms with E-state index in [9.17, 15) is 0 Å². The van der Waals surface area contributed by atoms with Crippen molar-refractivity contribution in [2.45, 2.75) is 277 Å². The molecule has 318 valence electrons. The van der Waals surface area contributed by atoms with E-state index in [4.69, 9.17) is 15.2 Å². The molecule has 0 fully saturated rings. The second-order valence-electron chi connectivity index (χ2n) is 17.1. The highest BCUT2D eigenvalue weighted by Gasteiger charge is 2.04. The molecule has 0 aliphatic rings. The highest BCUT2D eigenvalue weighted by Crippen LogP contribution is 2.24. The summed E-state index contributed by atoms with van der Waals surface area (Å²) in [6.45, 7) is 6.69. The predicted molar refractivity (Wildman–Crippen MR) is 241 cm³/mol. The Morgan fingerprint density at radius 3 is 0.704 bits per heavy atom. The van der Waals surface area contributed by atoms with Crippen LogP contribution < -0.4 is 15.2 Å². The van der Waals surface area contributed by atoms with Crippen molar-refractivity contribution in [3.63, 3.8) is 0 Å². The van der Waals surface area contributed by atoms with Gasteiger partial charge in [0.1, 0.15) is 11.5 Å². The number of ether oxygens (including phenoxy) is 2. The van der Waals surface area contributed by atoms with Crippen LogP contribution in [0.15, 0.2) is 18.2 Å². The molecular formula is C51H97NO2. The summed E-state index contributed by atoms with van der Waals surface area (Å²) in [6, 6.07) is 6.23. The van der Waals surface area contributed by atoms with Gasteiger partial charge in [0.05, 0.1) is 13.2 Å². The Bertz CT molecular complexity index is 792. The fourth-order valence-corrected chi connectivity index (χ4v) is 8.01. The fraction of sp³-hybridized carbons (Fsp3) is 0.882. The highest BCUT2D eigenvalue weighted by atomic mass is 16.5. The molecule has 0 aliphatic heterocycles. The molecule has 0 saturated heterocycles. The number of hydrogen-bond acceptors (Lipinski definition) is 3. The fourth-order valence-electron chi connectivity index (χ4n) is 8.01. The van der Waals surface area contributed by atoms with E-state index < -0.39 is 0 Å². The van der Waals surface area contributed by atoms with Crippen LogP contribution in [0.5, 0.6) is 11.5 Å². The van der Waals surface area contributed by atoms with Crippen LogP contribution in [0.2, 0.25) is 0 Å². The summed E-state index contributed by atoms with van der Waals surface area (Å²) in [5, 5.41) is 0. The minimum atomic E-state index is 0.520. The van der Waals surface area contributed by atoms with Crippen molar-refractivity contribution in [3.05, 3.63) is 23.8 Å². The lowest BCUT2D eigenvalue weighted by Crippen LogP contribution is -2.03. The first-order chi connectivity index (χ1) is 26.8. The lowest BCUT2D eigenvalue weighted by atomic mass is 10.0. The van der Waals surface area contributed by atoms with E-state index in [0.717, 1.165) is 43.1 Å². The SMILES string of the molecule is CCCCCCCCCCCCCCCCCCCCCCOc1cc(CN)cc(OCCCCCCCCCCCCCCCCCCCCCC)c1. The van der Waals surface area contributed by atoms with Crippen molar-refractivity contribution in [1.82, 2.24) is 0 Å². The molecule has 1 aromatic rings. The van der Waals surface area contributed by atoms with Crippen LogP contribution in [-0.4, -0.2) is 13.2 Å². The predicted octanol–water partition coefficient (Wildman–Crippen LogP) is 17.5. The van der Waals surface area contributed by atoms with Gasteiger partial charge >= 0.3 is 0 Å². The lowest BCUT2D eigenvalue weighted by Gasteiger charge is -2.12. The maximum atomic E-state index is 6.14. The van der Waals surface area contributed by atoms with Crippen molar-refractivity contribution >= 4 is 0 Å².